The monoisotopic (exact) mass is 253 g/mol. The molecule has 0 aliphatic carbocycles. The van der Waals surface area contributed by atoms with Crippen molar-refractivity contribution in [2.75, 3.05) is 0 Å². The van der Waals surface area contributed by atoms with Crippen LogP contribution in [0.2, 0.25) is 0 Å². The van der Waals surface area contributed by atoms with Crippen LogP contribution in [0, 0.1) is 11.3 Å². The Morgan fingerprint density at radius 2 is 2.05 bits per heavy atom. The summed E-state index contributed by atoms with van der Waals surface area (Å²) in [5, 5.41) is 8.76. The Kier molecular flexibility index (Phi) is 4.11. The van der Waals surface area contributed by atoms with Crippen molar-refractivity contribution in [3.05, 3.63) is 59.4 Å². The molecule has 96 valence electrons. The fourth-order valence-corrected chi connectivity index (χ4v) is 1.66. The van der Waals surface area contributed by atoms with E-state index in [4.69, 9.17) is 15.7 Å². The SMILES string of the molecule is CC(N)c1ccc(OCc2ccnc(C#N)c2)cc1. The van der Waals surface area contributed by atoms with Gasteiger partial charge in [-0.3, -0.25) is 0 Å². The first kappa shape index (κ1) is 13.1. The molecule has 4 heteroatoms. The van der Waals surface area contributed by atoms with Crippen molar-refractivity contribution in [3.63, 3.8) is 0 Å². The van der Waals surface area contributed by atoms with Gasteiger partial charge in [0.1, 0.15) is 24.1 Å². The first-order valence-electron chi connectivity index (χ1n) is 6.02. The number of aromatic nitrogens is 1. The molecule has 19 heavy (non-hydrogen) atoms. The molecule has 0 saturated heterocycles. The predicted octanol–water partition coefficient (Wildman–Crippen LogP) is 2.55. The Morgan fingerprint density at radius 3 is 2.68 bits per heavy atom. The van der Waals surface area contributed by atoms with Gasteiger partial charge in [-0.05, 0) is 42.3 Å². The van der Waals surface area contributed by atoms with E-state index in [1.807, 2.05) is 43.3 Å². The maximum Gasteiger partial charge on any atom is 0.140 e. The van der Waals surface area contributed by atoms with Crippen molar-refractivity contribution in [1.29, 1.82) is 5.26 Å². The summed E-state index contributed by atoms with van der Waals surface area (Å²) in [5.74, 6) is 0.778. The number of ether oxygens (including phenoxy) is 1. The second-order valence-corrected chi connectivity index (χ2v) is 4.31. The molecule has 4 nitrogen and oxygen atoms in total. The van der Waals surface area contributed by atoms with E-state index in [0.717, 1.165) is 16.9 Å². The molecule has 0 bridgehead atoms. The second kappa shape index (κ2) is 5.98. The molecule has 0 amide bonds. The van der Waals surface area contributed by atoms with E-state index in [0.29, 0.717) is 12.3 Å². The van der Waals surface area contributed by atoms with Crippen LogP contribution in [0.15, 0.2) is 42.6 Å². The number of nitrogens with two attached hydrogens (primary N) is 1. The average Bonchev–Trinajstić information content (AvgIpc) is 2.46. The lowest BCUT2D eigenvalue weighted by Crippen LogP contribution is -2.04. The second-order valence-electron chi connectivity index (χ2n) is 4.31. The zero-order valence-corrected chi connectivity index (χ0v) is 10.7. The minimum Gasteiger partial charge on any atom is -0.489 e. The summed E-state index contributed by atoms with van der Waals surface area (Å²) in [6.07, 6.45) is 1.61. The number of hydrogen-bond donors (Lipinski definition) is 1. The van der Waals surface area contributed by atoms with Gasteiger partial charge in [-0.2, -0.15) is 5.26 Å². The molecule has 1 aromatic heterocycles. The van der Waals surface area contributed by atoms with Crippen molar-refractivity contribution in [3.8, 4) is 11.8 Å². The van der Waals surface area contributed by atoms with E-state index in [9.17, 15) is 0 Å². The highest BCUT2D eigenvalue weighted by Crippen LogP contribution is 2.17. The molecule has 1 aromatic carbocycles. The molecule has 0 aliphatic heterocycles. The minimum absolute atomic E-state index is 0.0208. The molecule has 1 unspecified atom stereocenters. The summed E-state index contributed by atoms with van der Waals surface area (Å²) < 4.78 is 5.65. The van der Waals surface area contributed by atoms with E-state index in [2.05, 4.69) is 4.98 Å². The van der Waals surface area contributed by atoms with Crippen molar-refractivity contribution >= 4 is 0 Å². The topological polar surface area (TPSA) is 71.9 Å². The van der Waals surface area contributed by atoms with Crippen LogP contribution in [-0.2, 0) is 6.61 Å². The largest absolute Gasteiger partial charge is 0.489 e. The lowest BCUT2D eigenvalue weighted by Gasteiger charge is -2.09. The zero-order valence-electron chi connectivity index (χ0n) is 10.7. The molecule has 2 rings (SSSR count). The van der Waals surface area contributed by atoms with Crippen LogP contribution in [0.1, 0.15) is 29.8 Å². The Bertz CT molecular complexity index is 585. The summed E-state index contributed by atoms with van der Waals surface area (Å²) in [6.45, 7) is 2.35. The van der Waals surface area contributed by atoms with E-state index in [1.165, 1.54) is 0 Å². The smallest absolute Gasteiger partial charge is 0.140 e. The molecular formula is C15H15N3O. The summed E-state index contributed by atoms with van der Waals surface area (Å²) in [4.78, 5) is 3.91. The number of hydrogen-bond acceptors (Lipinski definition) is 4. The Hall–Kier alpha value is -2.38. The van der Waals surface area contributed by atoms with E-state index in [-0.39, 0.29) is 6.04 Å². The number of nitrogens with zero attached hydrogens (tertiary/aromatic N) is 2. The van der Waals surface area contributed by atoms with Gasteiger partial charge in [-0.1, -0.05) is 12.1 Å². The lowest BCUT2D eigenvalue weighted by atomic mass is 10.1. The van der Waals surface area contributed by atoms with Crippen LogP contribution in [0.4, 0.5) is 0 Å². The Morgan fingerprint density at radius 1 is 1.32 bits per heavy atom. The van der Waals surface area contributed by atoms with Crippen molar-refractivity contribution in [1.82, 2.24) is 4.98 Å². The van der Waals surface area contributed by atoms with E-state index in [1.54, 1.807) is 12.3 Å². The first-order valence-corrected chi connectivity index (χ1v) is 6.02. The van der Waals surface area contributed by atoms with Gasteiger partial charge < -0.3 is 10.5 Å². The van der Waals surface area contributed by atoms with Crippen LogP contribution in [0.3, 0.4) is 0 Å². The summed E-state index contributed by atoms with van der Waals surface area (Å²) in [5.41, 5.74) is 8.17. The normalized spacial score (nSPS) is 11.6. The van der Waals surface area contributed by atoms with Gasteiger partial charge in [0.05, 0.1) is 0 Å². The van der Waals surface area contributed by atoms with Gasteiger partial charge in [0.15, 0.2) is 0 Å². The molecule has 0 spiro atoms. The van der Waals surface area contributed by atoms with Gasteiger partial charge in [0.2, 0.25) is 0 Å². The third-order valence-electron chi connectivity index (χ3n) is 2.75. The molecule has 1 heterocycles. The maximum absolute atomic E-state index is 8.76. The van der Waals surface area contributed by atoms with E-state index < -0.39 is 0 Å². The number of pyridine rings is 1. The van der Waals surface area contributed by atoms with Crippen LogP contribution in [0.25, 0.3) is 0 Å². The maximum atomic E-state index is 8.76. The summed E-state index contributed by atoms with van der Waals surface area (Å²) in [6, 6.07) is 13.3. The van der Waals surface area contributed by atoms with Crippen LogP contribution < -0.4 is 10.5 Å². The molecule has 0 aliphatic rings. The number of rotatable bonds is 4. The lowest BCUT2D eigenvalue weighted by molar-refractivity contribution is 0.306. The summed E-state index contributed by atoms with van der Waals surface area (Å²) >= 11 is 0. The van der Waals surface area contributed by atoms with Crippen LogP contribution in [-0.4, -0.2) is 4.98 Å². The molecule has 2 N–H and O–H groups in total. The van der Waals surface area contributed by atoms with Crippen LogP contribution >= 0.6 is 0 Å². The Balaban J connectivity index is 2.00. The fraction of sp³-hybridized carbons (Fsp3) is 0.200. The van der Waals surface area contributed by atoms with E-state index >= 15 is 0 Å². The molecule has 0 radical (unpaired) electrons. The first-order chi connectivity index (χ1) is 9.19. The van der Waals surface area contributed by atoms with Crippen molar-refractivity contribution < 1.29 is 4.74 Å². The number of benzene rings is 1. The van der Waals surface area contributed by atoms with Gasteiger partial charge in [0.25, 0.3) is 0 Å². The standard InChI is InChI=1S/C15H15N3O/c1-11(17)13-2-4-15(5-3-13)19-10-12-6-7-18-14(8-12)9-16/h2-8,11H,10,17H2,1H3. The Labute approximate surface area is 112 Å². The van der Waals surface area contributed by atoms with Gasteiger partial charge in [-0.25, -0.2) is 4.98 Å². The van der Waals surface area contributed by atoms with Crippen LogP contribution in [0.5, 0.6) is 5.75 Å². The van der Waals surface area contributed by atoms with Crippen molar-refractivity contribution in [2.24, 2.45) is 5.73 Å². The molecular weight excluding hydrogens is 238 g/mol. The zero-order chi connectivity index (χ0) is 13.7. The average molecular weight is 253 g/mol. The number of nitriles is 1. The summed E-state index contributed by atoms with van der Waals surface area (Å²) in [7, 11) is 0. The molecule has 0 saturated carbocycles. The third-order valence-corrected chi connectivity index (χ3v) is 2.75. The highest BCUT2D eigenvalue weighted by Gasteiger charge is 2.01. The van der Waals surface area contributed by atoms with Gasteiger partial charge in [0, 0.05) is 12.2 Å². The van der Waals surface area contributed by atoms with Gasteiger partial charge in [-0.15, -0.1) is 0 Å². The molecule has 1 atom stereocenters. The molecule has 2 aromatic rings. The third kappa shape index (κ3) is 3.54. The molecule has 0 fully saturated rings. The highest BCUT2D eigenvalue weighted by molar-refractivity contribution is 5.30. The van der Waals surface area contributed by atoms with Gasteiger partial charge >= 0.3 is 0 Å². The van der Waals surface area contributed by atoms with Crippen molar-refractivity contribution in [2.45, 2.75) is 19.6 Å². The minimum atomic E-state index is 0.0208. The quantitative estimate of drug-likeness (QED) is 0.908. The highest BCUT2D eigenvalue weighted by atomic mass is 16.5. The fourth-order valence-electron chi connectivity index (χ4n) is 1.66. The predicted molar refractivity (Wildman–Crippen MR) is 72.3 cm³/mol.